The lowest BCUT2D eigenvalue weighted by Gasteiger charge is -2.15. The second-order valence-corrected chi connectivity index (χ2v) is 6.53. The van der Waals surface area contributed by atoms with Crippen molar-refractivity contribution < 1.29 is 4.79 Å². The molecular weight excluding hydrogens is 312 g/mol. The van der Waals surface area contributed by atoms with Crippen LogP contribution in [0, 0.1) is 0 Å². The number of carbonyl (C=O) groups excluding carboxylic acids is 1. The number of benzene rings is 1. The molecule has 1 amide bonds. The van der Waals surface area contributed by atoms with Crippen LogP contribution in [0.3, 0.4) is 0 Å². The monoisotopic (exact) mass is 336 g/mol. The van der Waals surface area contributed by atoms with Gasteiger partial charge < -0.3 is 14.6 Å². The second kappa shape index (κ2) is 7.49. The molecule has 0 radical (unpaired) electrons. The molecule has 3 rings (SSSR count). The Bertz CT molecular complexity index is 819. The lowest BCUT2D eigenvalue weighted by atomic mass is 9.98. The van der Waals surface area contributed by atoms with E-state index >= 15 is 0 Å². The van der Waals surface area contributed by atoms with E-state index in [1.54, 1.807) is 0 Å². The molecule has 5 heteroatoms. The third kappa shape index (κ3) is 4.06. The number of aromatic nitrogens is 2. The number of carbonyl (C=O) groups is 1. The second-order valence-electron chi connectivity index (χ2n) is 6.53. The molecule has 0 aliphatic heterocycles. The Balaban J connectivity index is 1.70. The quantitative estimate of drug-likeness (QED) is 0.753. The first-order valence-electron chi connectivity index (χ1n) is 8.51. The highest BCUT2D eigenvalue weighted by molar-refractivity contribution is 5.83. The molecule has 1 aromatic carbocycles. The van der Waals surface area contributed by atoms with E-state index in [2.05, 4.69) is 15.2 Å². The van der Waals surface area contributed by atoms with Gasteiger partial charge in [-0.05, 0) is 38.7 Å². The predicted octanol–water partition coefficient (Wildman–Crippen LogP) is 2.78. The average molecular weight is 336 g/mol. The van der Waals surface area contributed by atoms with Crippen LogP contribution in [0.2, 0.25) is 0 Å². The summed E-state index contributed by atoms with van der Waals surface area (Å²) in [5.41, 5.74) is 3.92. The maximum absolute atomic E-state index is 12.3. The zero-order valence-corrected chi connectivity index (χ0v) is 14.9. The fourth-order valence-electron chi connectivity index (χ4n) is 2.72. The molecule has 0 fully saturated rings. The van der Waals surface area contributed by atoms with Crippen LogP contribution < -0.4 is 5.32 Å². The van der Waals surface area contributed by atoms with Crippen LogP contribution in [0.25, 0.3) is 16.9 Å². The Morgan fingerprint density at radius 1 is 1.20 bits per heavy atom. The number of amides is 1. The van der Waals surface area contributed by atoms with Gasteiger partial charge in [-0.15, -0.1) is 0 Å². The number of likely N-dealkylation sites (N-methyl/N-ethyl adjacent to an activating group) is 1. The Morgan fingerprint density at radius 2 is 1.96 bits per heavy atom. The van der Waals surface area contributed by atoms with E-state index in [0.29, 0.717) is 6.54 Å². The third-order valence-electron chi connectivity index (χ3n) is 4.32. The summed E-state index contributed by atoms with van der Waals surface area (Å²) in [5, 5.41) is 2.98. The molecule has 1 N–H and O–H groups in total. The molecular formula is C20H24N4O. The molecule has 2 heterocycles. The number of fused-ring (bicyclic) bond motifs is 1. The van der Waals surface area contributed by atoms with Gasteiger partial charge >= 0.3 is 0 Å². The first-order valence-corrected chi connectivity index (χ1v) is 8.51. The minimum atomic E-state index is -0.169. The highest BCUT2D eigenvalue weighted by Gasteiger charge is 2.15. The molecule has 1 unspecified atom stereocenters. The van der Waals surface area contributed by atoms with E-state index < -0.39 is 0 Å². The van der Waals surface area contributed by atoms with E-state index in [9.17, 15) is 4.79 Å². The van der Waals surface area contributed by atoms with Crippen LogP contribution in [-0.4, -0.2) is 47.4 Å². The van der Waals surface area contributed by atoms with Gasteiger partial charge in [0.1, 0.15) is 5.65 Å². The van der Waals surface area contributed by atoms with E-state index in [1.807, 2.05) is 80.3 Å². The predicted molar refractivity (Wildman–Crippen MR) is 101 cm³/mol. The van der Waals surface area contributed by atoms with E-state index in [0.717, 1.165) is 29.0 Å². The van der Waals surface area contributed by atoms with Crippen LogP contribution in [-0.2, 0) is 4.79 Å². The van der Waals surface area contributed by atoms with Gasteiger partial charge in [-0.3, -0.25) is 4.79 Å². The van der Waals surface area contributed by atoms with Crippen molar-refractivity contribution in [1.29, 1.82) is 0 Å². The van der Waals surface area contributed by atoms with E-state index in [-0.39, 0.29) is 11.8 Å². The van der Waals surface area contributed by atoms with Gasteiger partial charge in [0.05, 0.1) is 11.6 Å². The minimum Gasteiger partial charge on any atom is -0.354 e. The SMILES string of the molecule is CC(C(=O)NCCN(C)C)c1ccc(-c2cn3ccccc3n2)cc1. The highest BCUT2D eigenvalue weighted by atomic mass is 16.1. The lowest BCUT2D eigenvalue weighted by molar-refractivity contribution is -0.122. The van der Waals surface area contributed by atoms with Gasteiger partial charge in [-0.1, -0.05) is 30.3 Å². The number of rotatable bonds is 6. The van der Waals surface area contributed by atoms with E-state index in [1.165, 1.54) is 0 Å². The Hall–Kier alpha value is -2.66. The molecule has 0 aliphatic rings. The van der Waals surface area contributed by atoms with Gasteiger partial charge in [0.15, 0.2) is 0 Å². The molecule has 3 aromatic rings. The maximum Gasteiger partial charge on any atom is 0.227 e. The van der Waals surface area contributed by atoms with Crippen LogP contribution >= 0.6 is 0 Å². The van der Waals surface area contributed by atoms with Crippen LogP contribution in [0.1, 0.15) is 18.4 Å². The molecule has 0 aliphatic carbocycles. The fourth-order valence-corrected chi connectivity index (χ4v) is 2.72. The smallest absolute Gasteiger partial charge is 0.227 e. The highest BCUT2D eigenvalue weighted by Crippen LogP contribution is 2.22. The maximum atomic E-state index is 12.3. The van der Waals surface area contributed by atoms with Crippen LogP contribution in [0.15, 0.2) is 54.9 Å². The zero-order valence-electron chi connectivity index (χ0n) is 14.9. The number of nitrogens with zero attached hydrogens (tertiary/aromatic N) is 3. The molecule has 25 heavy (non-hydrogen) atoms. The van der Waals surface area contributed by atoms with Crippen LogP contribution in [0.5, 0.6) is 0 Å². The van der Waals surface area contributed by atoms with E-state index in [4.69, 9.17) is 0 Å². The summed E-state index contributed by atoms with van der Waals surface area (Å²) in [7, 11) is 3.99. The number of imidazole rings is 1. The summed E-state index contributed by atoms with van der Waals surface area (Å²) in [6.07, 6.45) is 4.00. The van der Waals surface area contributed by atoms with Crippen molar-refractivity contribution in [1.82, 2.24) is 19.6 Å². The number of nitrogens with one attached hydrogen (secondary N) is 1. The Morgan fingerprint density at radius 3 is 2.64 bits per heavy atom. The normalized spacial score (nSPS) is 12.5. The first kappa shape index (κ1) is 17.2. The summed E-state index contributed by atoms with van der Waals surface area (Å²) in [6, 6.07) is 14.0. The van der Waals surface area contributed by atoms with Crippen molar-refractivity contribution >= 4 is 11.6 Å². The summed E-state index contributed by atoms with van der Waals surface area (Å²) in [5.74, 6) is -0.111. The number of pyridine rings is 1. The molecule has 0 spiro atoms. The molecule has 0 bridgehead atoms. The standard InChI is InChI=1S/C20H24N4O/c1-15(20(25)21-11-13-23(2)3)16-7-9-17(10-8-16)18-14-24-12-5-4-6-19(24)22-18/h4-10,12,14-15H,11,13H2,1-3H3,(H,21,25). The summed E-state index contributed by atoms with van der Waals surface area (Å²) >= 11 is 0. The molecule has 1 atom stereocenters. The third-order valence-corrected chi connectivity index (χ3v) is 4.32. The molecule has 5 nitrogen and oxygen atoms in total. The van der Waals surface area contributed by atoms with Gasteiger partial charge in [0.2, 0.25) is 5.91 Å². The molecule has 0 saturated carbocycles. The first-order chi connectivity index (χ1) is 12.0. The topological polar surface area (TPSA) is 49.6 Å². The van der Waals surface area contributed by atoms with Crippen molar-refractivity contribution in [3.05, 3.63) is 60.4 Å². The lowest BCUT2D eigenvalue weighted by Crippen LogP contribution is -2.33. The largest absolute Gasteiger partial charge is 0.354 e. The van der Waals surface area contributed by atoms with Crippen molar-refractivity contribution in [3.8, 4) is 11.3 Å². The zero-order chi connectivity index (χ0) is 17.8. The molecule has 130 valence electrons. The molecule has 0 saturated heterocycles. The summed E-state index contributed by atoms with van der Waals surface area (Å²) < 4.78 is 2.00. The van der Waals surface area contributed by atoms with Crippen LogP contribution in [0.4, 0.5) is 0 Å². The number of hydrogen-bond acceptors (Lipinski definition) is 3. The van der Waals surface area contributed by atoms with Gasteiger partial charge in [0.25, 0.3) is 0 Å². The average Bonchev–Trinajstić information content (AvgIpc) is 3.05. The van der Waals surface area contributed by atoms with Crippen molar-refractivity contribution in [2.24, 2.45) is 0 Å². The summed E-state index contributed by atoms with van der Waals surface area (Å²) in [4.78, 5) is 18.9. The Kier molecular flexibility index (Phi) is 5.14. The van der Waals surface area contributed by atoms with Crippen molar-refractivity contribution in [2.45, 2.75) is 12.8 Å². The summed E-state index contributed by atoms with van der Waals surface area (Å²) in [6.45, 7) is 3.44. The minimum absolute atomic E-state index is 0.0577. The van der Waals surface area contributed by atoms with Gasteiger partial charge in [-0.2, -0.15) is 0 Å². The van der Waals surface area contributed by atoms with Gasteiger partial charge in [-0.25, -0.2) is 4.98 Å². The molecule has 2 aromatic heterocycles. The fraction of sp³-hybridized carbons (Fsp3) is 0.300. The number of hydrogen-bond donors (Lipinski definition) is 1. The van der Waals surface area contributed by atoms with Gasteiger partial charge in [0, 0.05) is 31.0 Å². The Labute approximate surface area is 148 Å². The van der Waals surface area contributed by atoms with Crippen molar-refractivity contribution in [3.63, 3.8) is 0 Å². The van der Waals surface area contributed by atoms with Crippen molar-refractivity contribution in [2.75, 3.05) is 27.2 Å².